The zero-order valence-electron chi connectivity index (χ0n) is 10.0. The number of nitrogens with zero attached hydrogens (tertiary/aromatic N) is 2. The van der Waals surface area contributed by atoms with Gasteiger partial charge in [0.25, 0.3) is 5.91 Å². The molecule has 0 unspecified atom stereocenters. The van der Waals surface area contributed by atoms with E-state index in [0.717, 1.165) is 13.1 Å². The Morgan fingerprint density at radius 1 is 1.24 bits per heavy atom. The van der Waals surface area contributed by atoms with Crippen molar-refractivity contribution in [1.29, 1.82) is 0 Å². The molecule has 1 aliphatic carbocycles. The Hall–Kier alpha value is -0.900. The molecule has 0 N–H and O–H groups in total. The molecule has 92 valence electrons. The number of aromatic nitrogens is 1. The van der Waals surface area contributed by atoms with E-state index < -0.39 is 0 Å². The van der Waals surface area contributed by atoms with Crippen molar-refractivity contribution in [3.8, 4) is 0 Å². The van der Waals surface area contributed by atoms with Crippen LogP contribution in [0.3, 0.4) is 0 Å². The molecule has 2 fully saturated rings. The number of carbonyl (C=O) groups is 1. The number of hydrogen-bond acceptors (Lipinski definition) is 3. The Morgan fingerprint density at radius 3 is 2.53 bits per heavy atom. The van der Waals surface area contributed by atoms with Crippen LogP contribution in [-0.2, 0) is 0 Å². The summed E-state index contributed by atoms with van der Waals surface area (Å²) >= 11 is 1.49. The maximum Gasteiger partial charge on any atom is 0.273 e. The molecule has 0 atom stereocenters. The summed E-state index contributed by atoms with van der Waals surface area (Å²) in [6.07, 6.45) is 7.93. The van der Waals surface area contributed by atoms with Crippen LogP contribution in [0, 0.1) is 5.41 Å². The Kier molecular flexibility index (Phi) is 2.90. The molecule has 0 aromatic carbocycles. The third-order valence-corrected chi connectivity index (χ3v) is 5.01. The third-order valence-electron chi connectivity index (χ3n) is 4.43. The molecule has 1 aromatic heterocycles. The van der Waals surface area contributed by atoms with Gasteiger partial charge < -0.3 is 4.90 Å². The second-order valence-corrected chi connectivity index (χ2v) is 6.09. The molecule has 3 nitrogen and oxygen atoms in total. The van der Waals surface area contributed by atoms with Gasteiger partial charge in [0, 0.05) is 18.5 Å². The lowest BCUT2D eigenvalue weighted by Gasteiger charge is -2.39. The van der Waals surface area contributed by atoms with Gasteiger partial charge in [-0.2, -0.15) is 0 Å². The molecule has 17 heavy (non-hydrogen) atoms. The van der Waals surface area contributed by atoms with Crippen LogP contribution in [-0.4, -0.2) is 28.9 Å². The average Bonchev–Trinajstić information content (AvgIpc) is 3.01. The number of piperidine rings is 1. The molecule has 1 aromatic rings. The minimum Gasteiger partial charge on any atom is -0.337 e. The summed E-state index contributed by atoms with van der Waals surface area (Å²) in [4.78, 5) is 18.2. The van der Waals surface area contributed by atoms with E-state index >= 15 is 0 Å². The predicted molar refractivity (Wildman–Crippen MR) is 68.2 cm³/mol. The highest BCUT2D eigenvalue weighted by Gasteiger charge is 2.38. The van der Waals surface area contributed by atoms with Crippen LogP contribution in [0.15, 0.2) is 10.9 Å². The first-order chi connectivity index (χ1) is 8.29. The summed E-state index contributed by atoms with van der Waals surface area (Å²) in [6, 6.07) is 0. The number of amides is 1. The van der Waals surface area contributed by atoms with Gasteiger partial charge in [-0.3, -0.25) is 4.79 Å². The first-order valence-electron chi connectivity index (χ1n) is 6.47. The fraction of sp³-hybridized carbons (Fsp3) is 0.692. The smallest absolute Gasteiger partial charge is 0.273 e. The standard InChI is InChI=1S/C13H18N2OS/c16-12(11-9-17-10-14-11)15-7-5-13(6-8-15)3-1-2-4-13/h9-10H,1-8H2. The largest absolute Gasteiger partial charge is 0.337 e. The van der Waals surface area contributed by atoms with Crippen molar-refractivity contribution in [3.63, 3.8) is 0 Å². The molecule has 2 aliphatic rings. The van der Waals surface area contributed by atoms with Gasteiger partial charge in [-0.05, 0) is 31.1 Å². The molecular formula is C13H18N2OS. The van der Waals surface area contributed by atoms with E-state index in [2.05, 4.69) is 4.98 Å². The van der Waals surface area contributed by atoms with Gasteiger partial charge >= 0.3 is 0 Å². The van der Waals surface area contributed by atoms with Crippen molar-refractivity contribution < 1.29 is 4.79 Å². The molecule has 2 heterocycles. The Bertz CT molecular complexity index is 386. The summed E-state index contributed by atoms with van der Waals surface area (Å²) in [5.74, 6) is 0.124. The van der Waals surface area contributed by atoms with Crippen LogP contribution in [0.2, 0.25) is 0 Å². The number of hydrogen-bond donors (Lipinski definition) is 0. The van der Waals surface area contributed by atoms with E-state index in [9.17, 15) is 4.79 Å². The van der Waals surface area contributed by atoms with Gasteiger partial charge in [-0.25, -0.2) is 4.98 Å². The summed E-state index contributed by atoms with van der Waals surface area (Å²) in [7, 11) is 0. The molecule has 3 rings (SSSR count). The van der Waals surface area contributed by atoms with Crippen LogP contribution in [0.4, 0.5) is 0 Å². The van der Waals surface area contributed by atoms with Gasteiger partial charge in [-0.15, -0.1) is 11.3 Å². The molecule has 0 radical (unpaired) electrons. The van der Waals surface area contributed by atoms with Gasteiger partial charge in [-0.1, -0.05) is 12.8 Å². The van der Waals surface area contributed by atoms with E-state index in [-0.39, 0.29) is 5.91 Å². The molecule has 1 amide bonds. The van der Waals surface area contributed by atoms with Gasteiger partial charge in [0.1, 0.15) is 5.69 Å². The van der Waals surface area contributed by atoms with Gasteiger partial charge in [0.05, 0.1) is 5.51 Å². The van der Waals surface area contributed by atoms with Crippen molar-refractivity contribution in [2.75, 3.05) is 13.1 Å². The van der Waals surface area contributed by atoms with Gasteiger partial charge in [0.15, 0.2) is 0 Å². The molecular weight excluding hydrogens is 232 g/mol. The second kappa shape index (κ2) is 4.41. The maximum absolute atomic E-state index is 12.1. The Morgan fingerprint density at radius 2 is 1.94 bits per heavy atom. The van der Waals surface area contributed by atoms with E-state index in [0.29, 0.717) is 11.1 Å². The van der Waals surface area contributed by atoms with Crippen LogP contribution in [0.5, 0.6) is 0 Å². The minimum atomic E-state index is 0.124. The molecule has 1 spiro atoms. The second-order valence-electron chi connectivity index (χ2n) is 5.37. The average molecular weight is 250 g/mol. The molecule has 1 aliphatic heterocycles. The van der Waals surface area contributed by atoms with Crippen molar-refractivity contribution in [2.24, 2.45) is 5.41 Å². The quantitative estimate of drug-likeness (QED) is 0.767. The number of carbonyl (C=O) groups excluding carboxylic acids is 1. The predicted octanol–water partition coefficient (Wildman–Crippen LogP) is 2.94. The van der Waals surface area contributed by atoms with E-state index in [1.807, 2.05) is 10.3 Å². The van der Waals surface area contributed by atoms with Crippen LogP contribution in [0.1, 0.15) is 49.0 Å². The lowest BCUT2D eigenvalue weighted by molar-refractivity contribution is 0.0582. The molecule has 1 saturated carbocycles. The highest BCUT2D eigenvalue weighted by molar-refractivity contribution is 7.07. The molecule has 4 heteroatoms. The maximum atomic E-state index is 12.1. The number of likely N-dealkylation sites (tertiary alicyclic amines) is 1. The zero-order valence-corrected chi connectivity index (χ0v) is 10.8. The van der Waals surface area contributed by atoms with Crippen LogP contribution < -0.4 is 0 Å². The Labute approximate surface area is 106 Å². The third kappa shape index (κ3) is 2.10. The monoisotopic (exact) mass is 250 g/mol. The summed E-state index contributed by atoms with van der Waals surface area (Å²) in [5, 5.41) is 1.85. The fourth-order valence-electron chi connectivity index (χ4n) is 3.29. The zero-order chi connectivity index (χ0) is 11.7. The molecule has 0 bridgehead atoms. The van der Waals surface area contributed by atoms with Crippen LogP contribution in [0.25, 0.3) is 0 Å². The van der Waals surface area contributed by atoms with E-state index in [1.165, 1.54) is 49.9 Å². The van der Waals surface area contributed by atoms with Crippen molar-refractivity contribution >= 4 is 17.2 Å². The van der Waals surface area contributed by atoms with E-state index in [4.69, 9.17) is 0 Å². The first kappa shape index (κ1) is 11.2. The van der Waals surface area contributed by atoms with Crippen molar-refractivity contribution in [2.45, 2.75) is 38.5 Å². The first-order valence-corrected chi connectivity index (χ1v) is 7.41. The number of rotatable bonds is 1. The minimum absolute atomic E-state index is 0.124. The van der Waals surface area contributed by atoms with E-state index in [1.54, 1.807) is 5.51 Å². The van der Waals surface area contributed by atoms with Crippen molar-refractivity contribution in [1.82, 2.24) is 9.88 Å². The SMILES string of the molecule is O=C(c1cscn1)N1CCC2(CCCC2)CC1. The number of thiazole rings is 1. The fourth-order valence-corrected chi connectivity index (χ4v) is 3.82. The lowest BCUT2D eigenvalue weighted by atomic mass is 9.77. The lowest BCUT2D eigenvalue weighted by Crippen LogP contribution is -2.42. The summed E-state index contributed by atoms with van der Waals surface area (Å²) in [5.41, 5.74) is 2.94. The summed E-state index contributed by atoms with van der Waals surface area (Å²) < 4.78 is 0. The topological polar surface area (TPSA) is 33.2 Å². The molecule has 1 saturated heterocycles. The van der Waals surface area contributed by atoms with Crippen LogP contribution >= 0.6 is 11.3 Å². The normalized spacial score (nSPS) is 23.2. The highest BCUT2D eigenvalue weighted by Crippen LogP contribution is 2.46. The summed E-state index contributed by atoms with van der Waals surface area (Å²) in [6.45, 7) is 1.85. The van der Waals surface area contributed by atoms with Crippen molar-refractivity contribution in [3.05, 3.63) is 16.6 Å². The van der Waals surface area contributed by atoms with Gasteiger partial charge in [0.2, 0.25) is 0 Å². The Balaban J connectivity index is 1.63. The highest BCUT2D eigenvalue weighted by atomic mass is 32.1.